The lowest BCUT2D eigenvalue weighted by Crippen LogP contribution is -2.19. The Bertz CT molecular complexity index is 513. The second kappa shape index (κ2) is 10.5. The van der Waals surface area contributed by atoms with Crippen molar-refractivity contribution in [1.29, 1.82) is 0 Å². The molecular weight excluding hydrogens is 292 g/mol. The number of ether oxygens (including phenoxy) is 1. The minimum atomic E-state index is 0.863. The molecule has 3 nitrogen and oxygen atoms in total. The summed E-state index contributed by atoms with van der Waals surface area (Å²) in [6.45, 7) is 5.95. The van der Waals surface area contributed by atoms with E-state index in [1.807, 2.05) is 6.07 Å². The van der Waals surface area contributed by atoms with Crippen LogP contribution in [0.15, 0.2) is 35.7 Å². The lowest BCUT2D eigenvalue weighted by molar-refractivity contribution is 0.129. The van der Waals surface area contributed by atoms with Gasteiger partial charge in [0.2, 0.25) is 0 Å². The fraction of sp³-hybridized carbons (Fsp3) is 0.500. The van der Waals surface area contributed by atoms with Crippen molar-refractivity contribution < 1.29 is 4.74 Å². The van der Waals surface area contributed by atoms with E-state index < -0.39 is 0 Å². The Hall–Kier alpha value is -1.23. The molecule has 120 valence electrons. The molecule has 0 saturated heterocycles. The van der Waals surface area contributed by atoms with Gasteiger partial charge < -0.3 is 10.1 Å². The number of thiazole rings is 1. The Balaban J connectivity index is 1.57. The average molecular weight is 318 g/mol. The monoisotopic (exact) mass is 318 g/mol. The standard InChI is InChI=1S/C18H26N2OS/c1-2-3-13-21-14-7-11-19-12-10-18-20-17(15-22-18)16-8-5-4-6-9-16/h4-6,8-9,15,19H,2-3,7,10-14H2,1H3. The van der Waals surface area contributed by atoms with Crippen LogP contribution in [-0.2, 0) is 11.2 Å². The minimum absolute atomic E-state index is 0.863. The van der Waals surface area contributed by atoms with E-state index in [1.165, 1.54) is 23.4 Å². The van der Waals surface area contributed by atoms with Gasteiger partial charge >= 0.3 is 0 Å². The van der Waals surface area contributed by atoms with E-state index in [1.54, 1.807) is 11.3 Å². The molecule has 1 aromatic carbocycles. The molecule has 1 N–H and O–H groups in total. The predicted molar refractivity (Wildman–Crippen MR) is 94.5 cm³/mol. The summed E-state index contributed by atoms with van der Waals surface area (Å²) in [6.07, 6.45) is 4.45. The number of hydrogen-bond acceptors (Lipinski definition) is 4. The summed E-state index contributed by atoms with van der Waals surface area (Å²) in [6, 6.07) is 10.4. The number of benzene rings is 1. The van der Waals surface area contributed by atoms with Crippen molar-refractivity contribution in [3.8, 4) is 11.3 Å². The molecule has 0 aliphatic heterocycles. The molecule has 0 aliphatic rings. The van der Waals surface area contributed by atoms with Crippen LogP contribution in [-0.4, -0.2) is 31.3 Å². The number of unbranched alkanes of at least 4 members (excludes halogenated alkanes) is 1. The fourth-order valence-corrected chi connectivity index (χ4v) is 2.94. The van der Waals surface area contributed by atoms with Gasteiger partial charge in [-0.25, -0.2) is 4.98 Å². The van der Waals surface area contributed by atoms with E-state index in [0.29, 0.717) is 0 Å². The molecule has 0 fully saturated rings. The van der Waals surface area contributed by atoms with E-state index in [2.05, 4.69) is 41.9 Å². The van der Waals surface area contributed by atoms with Crippen LogP contribution in [0.1, 0.15) is 31.2 Å². The Morgan fingerprint density at radius 2 is 1.91 bits per heavy atom. The molecule has 1 heterocycles. The van der Waals surface area contributed by atoms with E-state index in [0.717, 1.165) is 44.8 Å². The van der Waals surface area contributed by atoms with Crippen molar-refractivity contribution in [3.63, 3.8) is 0 Å². The minimum Gasteiger partial charge on any atom is -0.381 e. The Labute approximate surface area is 137 Å². The van der Waals surface area contributed by atoms with Crippen LogP contribution in [0.5, 0.6) is 0 Å². The summed E-state index contributed by atoms with van der Waals surface area (Å²) in [5, 5.41) is 6.81. The van der Waals surface area contributed by atoms with Crippen LogP contribution in [0.4, 0.5) is 0 Å². The predicted octanol–water partition coefficient (Wildman–Crippen LogP) is 4.15. The zero-order chi connectivity index (χ0) is 15.5. The maximum absolute atomic E-state index is 5.54. The molecule has 0 aliphatic carbocycles. The first-order chi connectivity index (χ1) is 10.9. The number of aromatic nitrogens is 1. The normalized spacial score (nSPS) is 11.0. The molecule has 1 aromatic heterocycles. The topological polar surface area (TPSA) is 34.1 Å². The van der Waals surface area contributed by atoms with Gasteiger partial charge in [-0.15, -0.1) is 11.3 Å². The van der Waals surface area contributed by atoms with E-state index in [4.69, 9.17) is 9.72 Å². The fourth-order valence-electron chi connectivity index (χ4n) is 2.14. The number of hydrogen-bond donors (Lipinski definition) is 1. The maximum Gasteiger partial charge on any atom is 0.0945 e. The Kier molecular flexibility index (Phi) is 8.17. The molecule has 0 saturated carbocycles. The van der Waals surface area contributed by atoms with E-state index in [-0.39, 0.29) is 0 Å². The molecule has 2 rings (SSSR count). The van der Waals surface area contributed by atoms with Gasteiger partial charge in [0.15, 0.2) is 0 Å². The number of nitrogens with zero attached hydrogens (tertiary/aromatic N) is 1. The van der Waals surface area contributed by atoms with Crippen LogP contribution in [0, 0.1) is 0 Å². The van der Waals surface area contributed by atoms with Crippen molar-refractivity contribution in [1.82, 2.24) is 10.3 Å². The molecule has 0 spiro atoms. The zero-order valence-corrected chi connectivity index (χ0v) is 14.2. The van der Waals surface area contributed by atoms with E-state index in [9.17, 15) is 0 Å². The molecule has 4 heteroatoms. The van der Waals surface area contributed by atoms with Crippen molar-refractivity contribution in [2.75, 3.05) is 26.3 Å². The molecule has 0 unspecified atom stereocenters. The Morgan fingerprint density at radius 1 is 1.09 bits per heavy atom. The second-order valence-corrected chi connectivity index (χ2v) is 6.25. The molecule has 0 amide bonds. The number of nitrogens with one attached hydrogen (secondary N) is 1. The van der Waals surface area contributed by atoms with Crippen LogP contribution in [0.25, 0.3) is 11.3 Å². The summed E-state index contributed by atoms with van der Waals surface area (Å²) in [5.41, 5.74) is 2.28. The average Bonchev–Trinajstić information content (AvgIpc) is 3.03. The lowest BCUT2D eigenvalue weighted by atomic mass is 10.2. The summed E-state index contributed by atoms with van der Waals surface area (Å²) in [7, 11) is 0. The summed E-state index contributed by atoms with van der Waals surface area (Å²) in [5.74, 6) is 0. The van der Waals surface area contributed by atoms with Crippen LogP contribution < -0.4 is 5.32 Å². The number of rotatable bonds is 11. The van der Waals surface area contributed by atoms with Gasteiger partial charge in [0.25, 0.3) is 0 Å². The van der Waals surface area contributed by atoms with Crippen molar-refractivity contribution >= 4 is 11.3 Å². The van der Waals surface area contributed by atoms with E-state index >= 15 is 0 Å². The SMILES string of the molecule is CCCCOCCCNCCc1nc(-c2ccccc2)cs1. The first-order valence-electron chi connectivity index (χ1n) is 8.18. The molecule has 22 heavy (non-hydrogen) atoms. The molecule has 2 aromatic rings. The van der Waals surface area contributed by atoms with Crippen molar-refractivity contribution in [2.24, 2.45) is 0 Å². The molecule has 0 atom stereocenters. The van der Waals surface area contributed by atoms with Crippen LogP contribution in [0.3, 0.4) is 0 Å². The highest BCUT2D eigenvalue weighted by molar-refractivity contribution is 7.09. The molecular formula is C18H26N2OS. The third-order valence-electron chi connectivity index (χ3n) is 3.42. The van der Waals surface area contributed by atoms with Gasteiger partial charge in [-0.2, -0.15) is 0 Å². The first kappa shape index (κ1) is 17.1. The smallest absolute Gasteiger partial charge is 0.0945 e. The third kappa shape index (κ3) is 6.26. The zero-order valence-electron chi connectivity index (χ0n) is 13.4. The lowest BCUT2D eigenvalue weighted by Gasteiger charge is -2.04. The largest absolute Gasteiger partial charge is 0.381 e. The van der Waals surface area contributed by atoms with Crippen LogP contribution >= 0.6 is 11.3 Å². The molecule has 0 radical (unpaired) electrons. The third-order valence-corrected chi connectivity index (χ3v) is 4.33. The highest BCUT2D eigenvalue weighted by Crippen LogP contribution is 2.21. The van der Waals surface area contributed by atoms with Gasteiger partial charge in [0.1, 0.15) is 0 Å². The van der Waals surface area contributed by atoms with Gasteiger partial charge in [0, 0.05) is 37.1 Å². The Morgan fingerprint density at radius 3 is 2.73 bits per heavy atom. The van der Waals surface area contributed by atoms with Gasteiger partial charge in [-0.1, -0.05) is 43.7 Å². The highest BCUT2D eigenvalue weighted by atomic mass is 32.1. The maximum atomic E-state index is 5.54. The van der Waals surface area contributed by atoms with Crippen LogP contribution in [0.2, 0.25) is 0 Å². The highest BCUT2D eigenvalue weighted by Gasteiger charge is 2.03. The van der Waals surface area contributed by atoms with Gasteiger partial charge in [-0.05, 0) is 19.4 Å². The summed E-state index contributed by atoms with van der Waals surface area (Å²) in [4.78, 5) is 4.70. The van der Waals surface area contributed by atoms with Gasteiger partial charge in [-0.3, -0.25) is 0 Å². The summed E-state index contributed by atoms with van der Waals surface area (Å²) >= 11 is 1.75. The quantitative estimate of drug-likeness (QED) is 0.632. The molecule has 0 bridgehead atoms. The van der Waals surface area contributed by atoms with Gasteiger partial charge in [0.05, 0.1) is 10.7 Å². The van der Waals surface area contributed by atoms with Crippen molar-refractivity contribution in [2.45, 2.75) is 32.6 Å². The van der Waals surface area contributed by atoms with Crippen molar-refractivity contribution in [3.05, 3.63) is 40.7 Å². The first-order valence-corrected chi connectivity index (χ1v) is 9.06. The summed E-state index contributed by atoms with van der Waals surface area (Å²) < 4.78 is 5.54. The second-order valence-electron chi connectivity index (χ2n) is 5.31.